The Hall–Kier alpha value is -3.64. The summed E-state index contributed by atoms with van der Waals surface area (Å²) in [5.41, 5.74) is 0.821. The highest BCUT2D eigenvalue weighted by Crippen LogP contribution is 2.34. The minimum Gasteiger partial charge on any atom is -0.486 e. The zero-order chi connectivity index (χ0) is 28.2. The van der Waals surface area contributed by atoms with Gasteiger partial charge in [-0.2, -0.15) is 0 Å². The third-order valence-electron chi connectivity index (χ3n) is 6.17. The van der Waals surface area contributed by atoms with Gasteiger partial charge >= 0.3 is 0 Å². The van der Waals surface area contributed by atoms with Crippen LogP contribution in [0.1, 0.15) is 12.5 Å². The smallest absolute Gasteiger partial charge is 0.264 e. The van der Waals surface area contributed by atoms with Gasteiger partial charge in [-0.3, -0.25) is 13.9 Å². The molecule has 0 aromatic heterocycles. The lowest BCUT2D eigenvalue weighted by Crippen LogP contribution is -2.50. The van der Waals surface area contributed by atoms with Crippen LogP contribution in [0.15, 0.2) is 76.1 Å². The molecular formula is C27H27BrFN3O6S. The molecule has 1 N–H and O–H groups in total. The number of sulfonamides is 1. The van der Waals surface area contributed by atoms with Crippen LogP contribution in [0.3, 0.4) is 0 Å². The molecule has 0 radical (unpaired) electrons. The zero-order valence-corrected chi connectivity index (χ0v) is 23.7. The largest absolute Gasteiger partial charge is 0.486 e. The van der Waals surface area contributed by atoms with E-state index in [1.807, 2.05) is 0 Å². The zero-order valence-electron chi connectivity index (χ0n) is 21.3. The molecule has 0 saturated carbocycles. The molecule has 9 nitrogen and oxygen atoms in total. The van der Waals surface area contributed by atoms with Crippen molar-refractivity contribution in [2.24, 2.45) is 0 Å². The van der Waals surface area contributed by atoms with Gasteiger partial charge in [0.05, 0.1) is 10.6 Å². The van der Waals surface area contributed by atoms with Gasteiger partial charge < -0.3 is 19.7 Å². The second-order valence-electron chi connectivity index (χ2n) is 8.73. The number of rotatable bonds is 9. The fourth-order valence-electron chi connectivity index (χ4n) is 4.03. The molecule has 4 rings (SSSR count). The van der Waals surface area contributed by atoms with Gasteiger partial charge in [0.15, 0.2) is 11.5 Å². The maximum atomic E-state index is 13.9. The van der Waals surface area contributed by atoms with E-state index in [2.05, 4.69) is 21.2 Å². The quantitative estimate of drug-likeness (QED) is 0.391. The fraction of sp³-hybridized carbons (Fsp3) is 0.259. The van der Waals surface area contributed by atoms with Crippen LogP contribution in [-0.2, 0) is 26.2 Å². The van der Waals surface area contributed by atoms with Gasteiger partial charge in [0.2, 0.25) is 11.8 Å². The molecule has 0 unspecified atom stereocenters. The van der Waals surface area contributed by atoms with Gasteiger partial charge in [0.25, 0.3) is 10.0 Å². The number of carbonyl (C=O) groups excluding carboxylic acids is 2. The van der Waals surface area contributed by atoms with Gasteiger partial charge in [-0.15, -0.1) is 0 Å². The minimum atomic E-state index is -4.34. The molecule has 0 bridgehead atoms. The molecule has 2 amide bonds. The van der Waals surface area contributed by atoms with Crippen molar-refractivity contribution in [1.29, 1.82) is 0 Å². The molecule has 1 heterocycles. The Kier molecular flexibility index (Phi) is 8.76. The monoisotopic (exact) mass is 619 g/mol. The van der Waals surface area contributed by atoms with E-state index in [4.69, 9.17) is 9.47 Å². The number of carbonyl (C=O) groups is 2. The SMILES string of the molecule is CNC(=O)[C@H](C)N(Cc1ccc(Br)cc1)C(=O)CN(c1ccc(F)cc1)S(=O)(=O)c1ccc2c(c1)OCCO2. The van der Waals surface area contributed by atoms with E-state index >= 15 is 0 Å². The second-order valence-corrected chi connectivity index (χ2v) is 11.5. The molecule has 0 spiro atoms. The molecule has 3 aromatic rings. The van der Waals surface area contributed by atoms with Crippen molar-refractivity contribution in [3.05, 3.63) is 82.6 Å². The van der Waals surface area contributed by atoms with Gasteiger partial charge in [0.1, 0.15) is 31.6 Å². The lowest BCUT2D eigenvalue weighted by Gasteiger charge is -2.32. The van der Waals surface area contributed by atoms with E-state index in [1.54, 1.807) is 31.2 Å². The van der Waals surface area contributed by atoms with E-state index < -0.39 is 40.2 Å². The van der Waals surface area contributed by atoms with Crippen molar-refractivity contribution in [3.8, 4) is 11.5 Å². The first-order chi connectivity index (χ1) is 18.6. The first-order valence-corrected chi connectivity index (χ1v) is 14.3. The molecule has 12 heteroatoms. The highest BCUT2D eigenvalue weighted by molar-refractivity contribution is 9.10. The summed E-state index contributed by atoms with van der Waals surface area (Å²) >= 11 is 3.37. The third-order valence-corrected chi connectivity index (χ3v) is 8.47. The second kappa shape index (κ2) is 12.0. The van der Waals surface area contributed by atoms with Crippen molar-refractivity contribution in [2.75, 3.05) is 31.1 Å². The molecule has 0 aliphatic carbocycles. The number of hydrogen-bond acceptors (Lipinski definition) is 6. The Morgan fingerprint density at radius 1 is 1.00 bits per heavy atom. The number of benzene rings is 3. The van der Waals surface area contributed by atoms with Gasteiger partial charge in [0, 0.05) is 24.1 Å². The van der Waals surface area contributed by atoms with Crippen LogP contribution in [0.4, 0.5) is 10.1 Å². The molecule has 1 atom stereocenters. The fourth-order valence-corrected chi connectivity index (χ4v) is 5.72. The van der Waals surface area contributed by atoms with Crippen molar-refractivity contribution in [3.63, 3.8) is 0 Å². The standard InChI is InChI=1S/C27H27BrFN3O6S/c1-18(27(34)30-2)31(16-19-3-5-20(28)6-4-19)26(33)17-32(22-9-7-21(29)8-10-22)39(35,36)23-11-12-24-25(15-23)38-14-13-37-24/h3-12,15,18H,13-14,16-17H2,1-2H3,(H,30,34)/t18-/m0/s1. The number of fused-ring (bicyclic) bond motifs is 1. The van der Waals surface area contributed by atoms with Crippen LogP contribution in [0.25, 0.3) is 0 Å². The summed E-state index contributed by atoms with van der Waals surface area (Å²) < 4.78 is 54.3. The highest BCUT2D eigenvalue weighted by atomic mass is 79.9. The average molecular weight is 620 g/mol. The first-order valence-electron chi connectivity index (χ1n) is 12.0. The Morgan fingerprint density at radius 2 is 1.64 bits per heavy atom. The van der Waals surface area contributed by atoms with E-state index in [-0.39, 0.29) is 29.5 Å². The number of amides is 2. The molecule has 0 fully saturated rings. The van der Waals surface area contributed by atoms with Gasteiger partial charge in [-0.1, -0.05) is 28.1 Å². The van der Waals surface area contributed by atoms with Crippen molar-refractivity contribution in [2.45, 2.75) is 24.4 Å². The number of hydrogen-bond donors (Lipinski definition) is 1. The first kappa shape index (κ1) is 28.4. The van der Waals surface area contributed by atoms with Crippen LogP contribution < -0.4 is 19.1 Å². The van der Waals surface area contributed by atoms with Crippen LogP contribution in [0.5, 0.6) is 11.5 Å². The average Bonchev–Trinajstić information content (AvgIpc) is 2.94. The summed E-state index contributed by atoms with van der Waals surface area (Å²) in [5.74, 6) is -0.933. The number of nitrogens with one attached hydrogen (secondary N) is 1. The summed E-state index contributed by atoms with van der Waals surface area (Å²) in [4.78, 5) is 27.5. The van der Waals surface area contributed by atoms with Gasteiger partial charge in [-0.25, -0.2) is 12.8 Å². The summed E-state index contributed by atoms with van der Waals surface area (Å²) in [6.45, 7) is 1.58. The number of anilines is 1. The van der Waals surface area contributed by atoms with Crippen molar-refractivity contribution >= 4 is 43.5 Å². The summed E-state index contributed by atoms with van der Waals surface area (Å²) in [7, 11) is -2.88. The number of likely N-dealkylation sites (N-methyl/N-ethyl adjacent to an activating group) is 1. The maximum absolute atomic E-state index is 13.9. The predicted molar refractivity (Wildman–Crippen MR) is 147 cm³/mol. The lowest BCUT2D eigenvalue weighted by molar-refractivity contribution is -0.139. The topological polar surface area (TPSA) is 105 Å². The normalized spacial score (nSPS) is 13.3. The van der Waals surface area contributed by atoms with Crippen molar-refractivity contribution < 1.29 is 31.9 Å². The number of ether oxygens (including phenoxy) is 2. The van der Waals surface area contributed by atoms with E-state index in [0.29, 0.717) is 12.4 Å². The Morgan fingerprint density at radius 3 is 2.28 bits per heavy atom. The maximum Gasteiger partial charge on any atom is 0.264 e. The Bertz CT molecular complexity index is 1450. The molecule has 3 aromatic carbocycles. The van der Waals surface area contributed by atoms with Crippen LogP contribution in [0, 0.1) is 5.82 Å². The van der Waals surface area contributed by atoms with E-state index in [1.165, 1.54) is 42.3 Å². The minimum absolute atomic E-state index is 0.0576. The van der Waals surface area contributed by atoms with Crippen LogP contribution in [-0.4, -0.2) is 58.0 Å². The van der Waals surface area contributed by atoms with Crippen molar-refractivity contribution in [1.82, 2.24) is 10.2 Å². The van der Waals surface area contributed by atoms with Crippen LogP contribution in [0.2, 0.25) is 0 Å². The predicted octanol–water partition coefficient (Wildman–Crippen LogP) is 3.72. The summed E-state index contributed by atoms with van der Waals surface area (Å²) in [6, 6.07) is 15.2. The Balaban J connectivity index is 1.72. The Labute approximate surface area is 234 Å². The van der Waals surface area contributed by atoms with E-state index in [0.717, 1.165) is 26.5 Å². The van der Waals surface area contributed by atoms with Gasteiger partial charge in [-0.05, 0) is 61.0 Å². The molecular weight excluding hydrogens is 593 g/mol. The summed E-state index contributed by atoms with van der Waals surface area (Å²) in [5, 5.41) is 2.53. The summed E-state index contributed by atoms with van der Waals surface area (Å²) in [6.07, 6.45) is 0. The molecule has 1 aliphatic rings. The number of nitrogens with zero attached hydrogens (tertiary/aromatic N) is 2. The number of halogens is 2. The molecule has 39 heavy (non-hydrogen) atoms. The molecule has 0 saturated heterocycles. The van der Waals surface area contributed by atoms with Crippen LogP contribution >= 0.6 is 15.9 Å². The molecule has 206 valence electrons. The van der Waals surface area contributed by atoms with E-state index in [9.17, 15) is 22.4 Å². The lowest BCUT2D eigenvalue weighted by atomic mass is 10.1. The highest BCUT2D eigenvalue weighted by Gasteiger charge is 2.33. The third kappa shape index (κ3) is 6.51. The molecule has 1 aliphatic heterocycles.